The second-order valence-electron chi connectivity index (χ2n) is 4.61. The highest BCUT2D eigenvalue weighted by atomic mass is 32.2. The van der Waals surface area contributed by atoms with Crippen LogP contribution in [0.5, 0.6) is 0 Å². The first-order valence-corrected chi connectivity index (χ1v) is 7.46. The fraction of sp³-hybridized carbons (Fsp3) is 0.571. The average Bonchev–Trinajstić information content (AvgIpc) is 2.84. The minimum Gasteiger partial charge on any atom is -0.372 e. The van der Waals surface area contributed by atoms with Gasteiger partial charge in [0.05, 0.1) is 6.54 Å². The summed E-state index contributed by atoms with van der Waals surface area (Å²) in [6, 6.07) is 8.77. The molecule has 1 aliphatic heterocycles. The third-order valence-electron chi connectivity index (χ3n) is 3.07. The Kier molecular flexibility index (Phi) is 5.36. The van der Waals surface area contributed by atoms with Gasteiger partial charge in [0.2, 0.25) is 0 Å². The molecule has 1 aliphatic rings. The molecule has 0 bridgehead atoms. The number of benzene rings is 1. The van der Waals surface area contributed by atoms with Gasteiger partial charge in [0, 0.05) is 17.3 Å². The van der Waals surface area contributed by atoms with Crippen LogP contribution in [-0.4, -0.2) is 31.6 Å². The van der Waals surface area contributed by atoms with Crippen molar-refractivity contribution in [3.63, 3.8) is 0 Å². The molecule has 0 saturated carbocycles. The van der Waals surface area contributed by atoms with Gasteiger partial charge in [-0.25, -0.2) is 0 Å². The maximum absolute atomic E-state index is 5.59. The number of aryl methyl sites for hydroxylation is 1. The van der Waals surface area contributed by atoms with E-state index in [9.17, 15) is 0 Å². The van der Waals surface area contributed by atoms with E-state index in [1.54, 1.807) is 0 Å². The normalized spacial score (nSPS) is 19.7. The number of hydrogen-bond acceptors (Lipinski definition) is 2. The molecule has 3 heteroatoms. The minimum absolute atomic E-state index is 0.513. The summed E-state index contributed by atoms with van der Waals surface area (Å²) >= 11 is 1.94. The van der Waals surface area contributed by atoms with E-state index in [0.717, 1.165) is 13.2 Å². The number of thioether (sulfide) groups is 1. The molecule has 0 radical (unpaired) electrons. The summed E-state index contributed by atoms with van der Waals surface area (Å²) in [5.41, 5.74) is 1.33. The second kappa shape index (κ2) is 7.04. The Labute approximate surface area is 108 Å². The maximum Gasteiger partial charge on any atom is 0.106 e. The van der Waals surface area contributed by atoms with Crippen molar-refractivity contribution < 1.29 is 10.1 Å². The quantitative estimate of drug-likeness (QED) is 0.617. The first-order chi connectivity index (χ1) is 8.34. The van der Waals surface area contributed by atoms with Gasteiger partial charge >= 0.3 is 0 Å². The fourth-order valence-electron chi connectivity index (χ4n) is 2.03. The van der Waals surface area contributed by atoms with E-state index >= 15 is 0 Å². The molecular weight excluding hydrogens is 230 g/mol. The zero-order valence-corrected chi connectivity index (χ0v) is 11.3. The molecule has 94 valence electrons. The molecule has 1 heterocycles. The van der Waals surface area contributed by atoms with E-state index in [1.165, 1.54) is 35.6 Å². The summed E-state index contributed by atoms with van der Waals surface area (Å²) in [5, 5.41) is 2.39. The Bertz CT molecular complexity index is 319. The van der Waals surface area contributed by atoms with Crippen LogP contribution >= 0.6 is 11.8 Å². The summed E-state index contributed by atoms with van der Waals surface area (Å²) < 4.78 is 5.59. The smallest absolute Gasteiger partial charge is 0.106 e. The lowest BCUT2D eigenvalue weighted by Gasteiger charge is -2.07. The van der Waals surface area contributed by atoms with Crippen molar-refractivity contribution in [3.8, 4) is 0 Å². The van der Waals surface area contributed by atoms with Gasteiger partial charge in [-0.05, 0) is 31.9 Å². The molecule has 0 amide bonds. The van der Waals surface area contributed by atoms with Gasteiger partial charge in [-0.2, -0.15) is 0 Å². The molecule has 1 aromatic rings. The third kappa shape index (κ3) is 4.70. The first-order valence-electron chi connectivity index (χ1n) is 6.47. The summed E-state index contributed by atoms with van der Waals surface area (Å²) in [6.07, 6.45) is 3.01. The van der Waals surface area contributed by atoms with Gasteiger partial charge in [-0.15, -0.1) is 11.8 Å². The zero-order valence-electron chi connectivity index (χ0n) is 10.5. The summed E-state index contributed by atoms with van der Waals surface area (Å²) in [6.45, 7) is 5.41. The van der Waals surface area contributed by atoms with E-state index in [2.05, 4.69) is 36.5 Å². The Morgan fingerprint density at radius 1 is 1.35 bits per heavy atom. The molecule has 0 aromatic heterocycles. The predicted molar refractivity (Wildman–Crippen MR) is 72.5 cm³/mol. The Morgan fingerprint density at radius 3 is 2.88 bits per heavy atom. The third-order valence-corrected chi connectivity index (χ3v) is 4.11. The molecule has 17 heavy (non-hydrogen) atoms. The molecule has 1 fully saturated rings. The molecule has 1 aromatic carbocycles. The lowest BCUT2D eigenvalue weighted by Crippen LogP contribution is -2.86. The van der Waals surface area contributed by atoms with Gasteiger partial charge in [0.1, 0.15) is 12.6 Å². The Balaban J connectivity index is 1.55. The lowest BCUT2D eigenvalue weighted by atomic mass is 10.2. The highest BCUT2D eigenvalue weighted by molar-refractivity contribution is 7.99. The second-order valence-corrected chi connectivity index (χ2v) is 5.78. The zero-order chi connectivity index (χ0) is 11.9. The van der Waals surface area contributed by atoms with E-state index in [4.69, 9.17) is 4.74 Å². The summed E-state index contributed by atoms with van der Waals surface area (Å²) in [4.78, 5) is 1.38. The molecule has 2 nitrogen and oxygen atoms in total. The van der Waals surface area contributed by atoms with Gasteiger partial charge in [0.25, 0.3) is 0 Å². The largest absolute Gasteiger partial charge is 0.372 e. The van der Waals surface area contributed by atoms with Crippen LogP contribution in [0.4, 0.5) is 0 Å². The van der Waals surface area contributed by atoms with Crippen LogP contribution in [0.2, 0.25) is 0 Å². The van der Waals surface area contributed by atoms with E-state index in [-0.39, 0.29) is 0 Å². The molecule has 2 N–H and O–H groups in total. The topological polar surface area (TPSA) is 25.8 Å². The number of ether oxygens (including phenoxy) is 1. The molecular formula is C14H22NOS+. The van der Waals surface area contributed by atoms with Crippen molar-refractivity contribution in [1.82, 2.24) is 0 Å². The monoisotopic (exact) mass is 252 g/mol. The Morgan fingerprint density at radius 2 is 2.18 bits per heavy atom. The van der Waals surface area contributed by atoms with Gasteiger partial charge in [0.15, 0.2) is 0 Å². The molecule has 1 atom stereocenters. The highest BCUT2D eigenvalue weighted by Gasteiger charge is 2.16. The van der Waals surface area contributed by atoms with E-state index in [0.29, 0.717) is 6.10 Å². The van der Waals surface area contributed by atoms with E-state index < -0.39 is 0 Å². The van der Waals surface area contributed by atoms with E-state index in [1.807, 2.05) is 11.8 Å². The summed E-state index contributed by atoms with van der Waals surface area (Å²) in [5.74, 6) is 1.18. The van der Waals surface area contributed by atoms with Crippen LogP contribution in [0.1, 0.15) is 18.4 Å². The van der Waals surface area contributed by atoms with Crippen molar-refractivity contribution in [3.05, 3.63) is 29.8 Å². The molecule has 0 unspecified atom stereocenters. The van der Waals surface area contributed by atoms with Crippen LogP contribution in [0.25, 0.3) is 0 Å². The SMILES string of the molecule is Cc1ccc(SCC[NH2+]C[C@@H]2CCCO2)cc1. The fourth-order valence-corrected chi connectivity index (χ4v) is 2.88. The van der Waals surface area contributed by atoms with Crippen molar-refractivity contribution in [2.45, 2.75) is 30.8 Å². The average molecular weight is 252 g/mol. The van der Waals surface area contributed by atoms with Crippen molar-refractivity contribution in [2.75, 3.05) is 25.4 Å². The summed E-state index contributed by atoms with van der Waals surface area (Å²) in [7, 11) is 0. The highest BCUT2D eigenvalue weighted by Crippen LogP contribution is 2.17. The molecule has 0 spiro atoms. The van der Waals surface area contributed by atoms with Crippen LogP contribution in [0.15, 0.2) is 29.2 Å². The predicted octanol–water partition coefficient (Wildman–Crippen LogP) is 1.83. The molecule has 0 aliphatic carbocycles. The number of rotatable bonds is 6. The van der Waals surface area contributed by atoms with Crippen LogP contribution in [0, 0.1) is 6.92 Å². The van der Waals surface area contributed by atoms with Crippen molar-refractivity contribution in [1.29, 1.82) is 0 Å². The standard InChI is InChI=1S/C14H21NOS/c1-12-4-6-14(7-5-12)17-10-8-15-11-13-3-2-9-16-13/h4-7,13,15H,2-3,8-11H2,1H3/p+1/t13-/m0/s1. The molecule has 1 saturated heterocycles. The van der Waals surface area contributed by atoms with Crippen LogP contribution in [-0.2, 0) is 4.74 Å². The van der Waals surface area contributed by atoms with Crippen LogP contribution in [0.3, 0.4) is 0 Å². The van der Waals surface area contributed by atoms with Crippen LogP contribution < -0.4 is 5.32 Å². The first kappa shape index (κ1) is 12.9. The van der Waals surface area contributed by atoms with Gasteiger partial charge < -0.3 is 10.1 Å². The minimum atomic E-state index is 0.513. The lowest BCUT2D eigenvalue weighted by molar-refractivity contribution is -0.656. The number of hydrogen-bond donors (Lipinski definition) is 1. The number of nitrogens with two attached hydrogens (primary N) is 1. The Hall–Kier alpha value is -0.510. The van der Waals surface area contributed by atoms with Gasteiger partial charge in [-0.1, -0.05) is 17.7 Å². The van der Waals surface area contributed by atoms with Gasteiger partial charge in [-0.3, -0.25) is 0 Å². The molecule has 2 rings (SSSR count). The van der Waals surface area contributed by atoms with Crippen molar-refractivity contribution in [2.24, 2.45) is 0 Å². The van der Waals surface area contributed by atoms with Crippen molar-refractivity contribution >= 4 is 11.8 Å². The maximum atomic E-state index is 5.59. The number of quaternary nitrogens is 1.